The molecule has 0 aromatic heterocycles. The minimum atomic E-state index is -0.886. The molecule has 20 heavy (non-hydrogen) atoms. The quantitative estimate of drug-likeness (QED) is 0.869. The average Bonchev–Trinajstić information content (AvgIpc) is 2.46. The fourth-order valence-corrected chi connectivity index (χ4v) is 3.36. The van der Waals surface area contributed by atoms with Gasteiger partial charge >= 0.3 is 5.97 Å². The number of benzene rings is 1. The van der Waals surface area contributed by atoms with Crippen LogP contribution in [0.1, 0.15) is 18.0 Å². The molecule has 0 aliphatic carbocycles. The van der Waals surface area contributed by atoms with E-state index in [0.29, 0.717) is 12.3 Å². The molecule has 6 heteroatoms. The number of carboxylic acids is 1. The van der Waals surface area contributed by atoms with Crippen molar-refractivity contribution in [3.63, 3.8) is 0 Å². The number of amides is 1. The molecule has 1 fully saturated rings. The molecule has 1 saturated heterocycles. The van der Waals surface area contributed by atoms with Gasteiger partial charge in [0.25, 0.3) is 0 Å². The molecule has 0 bridgehead atoms. The second kappa shape index (κ2) is 6.76. The van der Waals surface area contributed by atoms with Gasteiger partial charge in [0.05, 0.1) is 12.5 Å². The molecule has 1 heterocycles. The van der Waals surface area contributed by atoms with Gasteiger partial charge in [-0.3, -0.25) is 9.59 Å². The lowest BCUT2D eigenvalue weighted by molar-refractivity contribution is -0.140. The molecule has 1 aliphatic heterocycles. The maximum atomic E-state index is 12.5. The Kier molecular flexibility index (Phi) is 5.03. The summed E-state index contributed by atoms with van der Waals surface area (Å²) in [6.07, 6.45) is -0.0275. The number of hydrogen-bond donors (Lipinski definition) is 2. The topological polar surface area (TPSA) is 83.6 Å². The van der Waals surface area contributed by atoms with Crippen molar-refractivity contribution in [3.05, 3.63) is 35.9 Å². The summed E-state index contributed by atoms with van der Waals surface area (Å²) in [4.78, 5) is 25.0. The predicted octanol–water partition coefficient (Wildman–Crippen LogP) is 1.11. The highest BCUT2D eigenvalue weighted by Crippen LogP contribution is 2.23. The molecule has 0 spiro atoms. The van der Waals surface area contributed by atoms with Gasteiger partial charge in [0.1, 0.15) is 6.04 Å². The van der Waals surface area contributed by atoms with Crippen molar-refractivity contribution in [3.8, 4) is 0 Å². The number of carbonyl (C=O) groups excluding carboxylic acids is 1. The summed E-state index contributed by atoms with van der Waals surface area (Å²) in [5, 5.41) is 8.94. The summed E-state index contributed by atoms with van der Waals surface area (Å²) in [6.45, 7) is 0.558. The zero-order valence-electron chi connectivity index (χ0n) is 11.1. The predicted molar refractivity (Wildman–Crippen MR) is 78.4 cm³/mol. The number of aliphatic carboxylic acids is 1. The maximum absolute atomic E-state index is 12.5. The van der Waals surface area contributed by atoms with Gasteiger partial charge < -0.3 is 15.7 Å². The van der Waals surface area contributed by atoms with Crippen LogP contribution in [0, 0.1) is 0 Å². The summed E-state index contributed by atoms with van der Waals surface area (Å²) in [5.74, 6) is 0.398. The van der Waals surface area contributed by atoms with Crippen LogP contribution in [0.4, 0.5) is 0 Å². The molecule has 1 unspecified atom stereocenters. The number of hydrogen-bond acceptors (Lipinski definition) is 4. The van der Waals surface area contributed by atoms with Crippen LogP contribution in [0.15, 0.2) is 30.3 Å². The second-order valence-corrected chi connectivity index (χ2v) is 5.90. The SMILES string of the molecule is N[C@@H](C(=O)N1CCSCC1CC(=O)O)c1ccccc1. The Morgan fingerprint density at radius 2 is 2.10 bits per heavy atom. The van der Waals surface area contributed by atoms with Gasteiger partial charge in [-0.1, -0.05) is 30.3 Å². The van der Waals surface area contributed by atoms with E-state index >= 15 is 0 Å². The lowest BCUT2D eigenvalue weighted by Crippen LogP contribution is -2.50. The van der Waals surface area contributed by atoms with Crippen LogP contribution < -0.4 is 5.73 Å². The largest absolute Gasteiger partial charge is 0.481 e. The molecule has 3 N–H and O–H groups in total. The molecule has 1 amide bonds. The lowest BCUT2D eigenvalue weighted by atomic mass is 10.0. The van der Waals surface area contributed by atoms with Crippen LogP contribution in [0.5, 0.6) is 0 Å². The average molecular weight is 294 g/mol. The van der Waals surface area contributed by atoms with Gasteiger partial charge in [-0.2, -0.15) is 11.8 Å². The summed E-state index contributed by atoms with van der Waals surface area (Å²) >= 11 is 1.68. The summed E-state index contributed by atoms with van der Waals surface area (Å²) in [6, 6.07) is 8.17. The molecule has 5 nitrogen and oxygen atoms in total. The molecule has 0 saturated carbocycles. The lowest BCUT2D eigenvalue weighted by Gasteiger charge is -2.36. The highest BCUT2D eigenvalue weighted by Gasteiger charge is 2.32. The van der Waals surface area contributed by atoms with Crippen LogP contribution in [-0.2, 0) is 9.59 Å². The number of carboxylic acid groups (broad SMARTS) is 1. The van der Waals surface area contributed by atoms with Gasteiger partial charge in [0.15, 0.2) is 0 Å². The summed E-state index contributed by atoms with van der Waals surface area (Å²) in [7, 11) is 0. The zero-order valence-corrected chi connectivity index (χ0v) is 11.9. The van der Waals surface area contributed by atoms with Crippen molar-refractivity contribution in [1.29, 1.82) is 0 Å². The fourth-order valence-electron chi connectivity index (χ4n) is 2.30. The van der Waals surface area contributed by atoms with Crippen molar-refractivity contribution >= 4 is 23.6 Å². The molecule has 0 radical (unpaired) electrons. The van der Waals surface area contributed by atoms with Crippen molar-refractivity contribution < 1.29 is 14.7 Å². The smallest absolute Gasteiger partial charge is 0.305 e. The Labute approximate surface area is 122 Å². The Hall–Kier alpha value is -1.53. The maximum Gasteiger partial charge on any atom is 0.305 e. The van der Waals surface area contributed by atoms with E-state index in [1.54, 1.807) is 16.7 Å². The Morgan fingerprint density at radius 1 is 1.40 bits per heavy atom. The van der Waals surface area contributed by atoms with Crippen LogP contribution in [0.2, 0.25) is 0 Å². The van der Waals surface area contributed by atoms with Crippen LogP contribution in [0.3, 0.4) is 0 Å². The van der Waals surface area contributed by atoms with E-state index in [-0.39, 0.29) is 18.4 Å². The van der Waals surface area contributed by atoms with Crippen LogP contribution >= 0.6 is 11.8 Å². The number of carbonyl (C=O) groups is 2. The van der Waals surface area contributed by atoms with Gasteiger partial charge in [-0.05, 0) is 5.56 Å². The number of rotatable bonds is 4. The molecule has 2 atom stereocenters. The third kappa shape index (κ3) is 3.52. The van der Waals surface area contributed by atoms with Gasteiger partial charge in [-0.25, -0.2) is 0 Å². The highest BCUT2D eigenvalue weighted by molar-refractivity contribution is 7.99. The van der Waals surface area contributed by atoms with Crippen molar-refractivity contribution in [2.45, 2.75) is 18.5 Å². The Bertz CT molecular complexity index is 481. The van der Waals surface area contributed by atoms with E-state index in [1.807, 2.05) is 30.3 Å². The molecular weight excluding hydrogens is 276 g/mol. The number of nitrogens with two attached hydrogens (primary N) is 1. The van der Waals surface area contributed by atoms with E-state index in [4.69, 9.17) is 10.8 Å². The van der Waals surface area contributed by atoms with Gasteiger partial charge in [0, 0.05) is 18.1 Å². The van der Waals surface area contributed by atoms with E-state index in [2.05, 4.69) is 0 Å². The first kappa shape index (κ1) is 14.9. The fraction of sp³-hybridized carbons (Fsp3) is 0.429. The molecule has 1 aliphatic rings. The Balaban J connectivity index is 2.11. The minimum absolute atomic E-state index is 0.0275. The van der Waals surface area contributed by atoms with Gasteiger partial charge in [-0.15, -0.1) is 0 Å². The summed E-state index contributed by atoms with van der Waals surface area (Å²) in [5.41, 5.74) is 6.77. The Morgan fingerprint density at radius 3 is 2.75 bits per heavy atom. The first-order valence-electron chi connectivity index (χ1n) is 6.50. The third-order valence-electron chi connectivity index (χ3n) is 3.35. The van der Waals surface area contributed by atoms with E-state index in [1.165, 1.54) is 0 Å². The first-order chi connectivity index (χ1) is 9.59. The molecule has 108 valence electrons. The molecule has 1 aromatic rings. The van der Waals surface area contributed by atoms with Crippen LogP contribution in [-0.4, -0.2) is 46.0 Å². The normalized spacial score (nSPS) is 20.4. The molecular formula is C14H18N2O3S. The number of thioether (sulfide) groups is 1. The monoisotopic (exact) mass is 294 g/mol. The van der Waals surface area contributed by atoms with Crippen molar-refractivity contribution in [1.82, 2.24) is 4.90 Å². The first-order valence-corrected chi connectivity index (χ1v) is 7.65. The van der Waals surface area contributed by atoms with Gasteiger partial charge in [0.2, 0.25) is 5.91 Å². The van der Waals surface area contributed by atoms with E-state index in [9.17, 15) is 9.59 Å². The number of nitrogens with zero attached hydrogens (tertiary/aromatic N) is 1. The van der Waals surface area contributed by atoms with Crippen LogP contribution in [0.25, 0.3) is 0 Å². The molecule has 1 aromatic carbocycles. The second-order valence-electron chi connectivity index (χ2n) is 4.75. The highest BCUT2D eigenvalue weighted by atomic mass is 32.2. The van der Waals surface area contributed by atoms with Crippen molar-refractivity contribution in [2.75, 3.05) is 18.1 Å². The standard InChI is InChI=1S/C14H18N2O3S/c15-13(10-4-2-1-3-5-10)14(19)16-6-7-20-9-11(16)8-12(17)18/h1-5,11,13H,6-9,15H2,(H,17,18)/t11?,13-/m1/s1. The van der Waals surface area contributed by atoms with Crippen molar-refractivity contribution in [2.24, 2.45) is 5.73 Å². The minimum Gasteiger partial charge on any atom is -0.481 e. The molecule has 2 rings (SSSR count). The van der Waals surface area contributed by atoms with E-state index < -0.39 is 12.0 Å². The third-order valence-corrected chi connectivity index (χ3v) is 4.44. The summed E-state index contributed by atoms with van der Waals surface area (Å²) < 4.78 is 0. The van der Waals surface area contributed by atoms with E-state index in [0.717, 1.165) is 11.3 Å². The zero-order chi connectivity index (χ0) is 14.5.